The number of benzene rings is 1. The largest absolute Gasteiger partial charge is 0.316 e. The van der Waals surface area contributed by atoms with Gasteiger partial charge in [0, 0.05) is 6.54 Å². The van der Waals surface area contributed by atoms with E-state index < -0.39 is 0 Å². The zero-order valence-corrected chi connectivity index (χ0v) is 8.20. The molecular weight excluding hydrogens is 176 g/mol. The van der Waals surface area contributed by atoms with Gasteiger partial charge in [-0.1, -0.05) is 18.2 Å². The molecule has 0 aromatic heterocycles. The molecule has 14 heavy (non-hydrogen) atoms. The topological polar surface area (TPSA) is 33.3 Å². The lowest BCUT2D eigenvalue weighted by atomic mass is 10.1. The summed E-state index contributed by atoms with van der Waals surface area (Å²) in [6.07, 6.45) is 1.22. The quantitative estimate of drug-likeness (QED) is 0.711. The van der Waals surface area contributed by atoms with Crippen molar-refractivity contribution in [3.05, 3.63) is 30.3 Å². The molecule has 0 amide bonds. The van der Waals surface area contributed by atoms with Crippen molar-refractivity contribution in [1.29, 1.82) is 0 Å². The van der Waals surface area contributed by atoms with Gasteiger partial charge >= 0.3 is 0 Å². The van der Waals surface area contributed by atoms with Crippen LogP contribution in [0.25, 0.3) is 0 Å². The third kappa shape index (κ3) is 2.72. The SMILES string of the molecule is c1ccc(NOCC2CCNC2)cc1. The van der Waals surface area contributed by atoms with Gasteiger partial charge < -0.3 is 5.32 Å². The molecular formula is C11H16N2O. The number of para-hydroxylation sites is 1. The van der Waals surface area contributed by atoms with E-state index in [1.165, 1.54) is 6.42 Å². The second-order valence-electron chi connectivity index (χ2n) is 3.64. The number of hydrogen-bond acceptors (Lipinski definition) is 3. The van der Waals surface area contributed by atoms with Gasteiger partial charge in [0.05, 0.1) is 12.3 Å². The maximum absolute atomic E-state index is 5.41. The Bertz CT molecular complexity index is 257. The van der Waals surface area contributed by atoms with E-state index in [4.69, 9.17) is 4.84 Å². The van der Waals surface area contributed by atoms with Gasteiger partial charge in [-0.2, -0.15) is 0 Å². The lowest BCUT2D eigenvalue weighted by Crippen LogP contribution is -2.15. The molecule has 3 heteroatoms. The van der Waals surface area contributed by atoms with Crippen molar-refractivity contribution < 1.29 is 4.84 Å². The van der Waals surface area contributed by atoms with E-state index in [1.807, 2.05) is 30.3 Å². The molecule has 76 valence electrons. The van der Waals surface area contributed by atoms with Crippen LogP contribution in [-0.4, -0.2) is 19.7 Å². The number of rotatable bonds is 4. The molecule has 1 aliphatic heterocycles. The lowest BCUT2D eigenvalue weighted by Gasteiger charge is -2.10. The Morgan fingerprint density at radius 3 is 2.93 bits per heavy atom. The molecule has 1 aromatic carbocycles. The third-order valence-corrected chi connectivity index (χ3v) is 2.45. The van der Waals surface area contributed by atoms with E-state index in [0.717, 1.165) is 25.4 Å². The molecule has 0 radical (unpaired) electrons. The standard InChI is InChI=1S/C11H16N2O/c1-2-4-11(5-3-1)13-14-9-10-6-7-12-8-10/h1-5,10,12-13H,6-9H2. The molecule has 1 saturated heterocycles. The average Bonchev–Trinajstić information content (AvgIpc) is 2.72. The molecule has 2 rings (SSSR count). The first-order valence-electron chi connectivity index (χ1n) is 5.09. The summed E-state index contributed by atoms with van der Waals surface area (Å²) in [7, 11) is 0. The molecule has 1 atom stereocenters. The van der Waals surface area contributed by atoms with E-state index >= 15 is 0 Å². The Balaban J connectivity index is 1.67. The molecule has 1 fully saturated rings. The maximum Gasteiger partial charge on any atom is 0.0786 e. The van der Waals surface area contributed by atoms with Crippen molar-refractivity contribution in [2.45, 2.75) is 6.42 Å². The highest BCUT2D eigenvalue weighted by Gasteiger charge is 2.14. The summed E-state index contributed by atoms with van der Waals surface area (Å²) >= 11 is 0. The second kappa shape index (κ2) is 4.98. The summed E-state index contributed by atoms with van der Waals surface area (Å²) in [6, 6.07) is 9.96. The van der Waals surface area contributed by atoms with Crippen LogP contribution < -0.4 is 10.8 Å². The van der Waals surface area contributed by atoms with E-state index in [9.17, 15) is 0 Å². The van der Waals surface area contributed by atoms with Crippen LogP contribution in [-0.2, 0) is 4.84 Å². The van der Waals surface area contributed by atoms with Crippen LogP contribution in [0, 0.1) is 5.92 Å². The first-order valence-corrected chi connectivity index (χ1v) is 5.09. The number of anilines is 1. The van der Waals surface area contributed by atoms with Gasteiger partial charge in [0.2, 0.25) is 0 Å². The van der Waals surface area contributed by atoms with Crippen LogP contribution in [0.3, 0.4) is 0 Å². The van der Waals surface area contributed by atoms with Crippen molar-refractivity contribution in [2.75, 3.05) is 25.2 Å². The Kier molecular flexibility index (Phi) is 3.38. The van der Waals surface area contributed by atoms with E-state index in [1.54, 1.807) is 0 Å². The minimum atomic E-state index is 0.659. The predicted molar refractivity (Wildman–Crippen MR) is 57.0 cm³/mol. The molecule has 1 aliphatic rings. The first kappa shape index (κ1) is 9.49. The van der Waals surface area contributed by atoms with Crippen LogP contribution in [0.1, 0.15) is 6.42 Å². The monoisotopic (exact) mass is 192 g/mol. The summed E-state index contributed by atoms with van der Waals surface area (Å²) in [4.78, 5) is 5.41. The fourth-order valence-corrected chi connectivity index (χ4v) is 1.61. The normalized spacial score (nSPS) is 21.0. The summed E-state index contributed by atoms with van der Waals surface area (Å²) in [5, 5.41) is 3.31. The molecule has 0 saturated carbocycles. The molecule has 1 aromatic rings. The highest BCUT2D eigenvalue weighted by Crippen LogP contribution is 2.09. The average molecular weight is 192 g/mol. The van der Waals surface area contributed by atoms with Crippen molar-refractivity contribution in [3.63, 3.8) is 0 Å². The maximum atomic E-state index is 5.41. The smallest absolute Gasteiger partial charge is 0.0786 e. The fraction of sp³-hybridized carbons (Fsp3) is 0.455. The van der Waals surface area contributed by atoms with E-state index in [-0.39, 0.29) is 0 Å². The number of nitrogens with one attached hydrogen (secondary N) is 2. The van der Waals surface area contributed by atoms with Gasteiger partial charge in [0.25, 0.3) is 0 Å². The van der Waals surface area contributed by atoms with Crippen molar-refractivity contribution in [3.8, 4) is 0 Å². The zero-order chi connectivity index (χ0) is 9.64. The molecule has 2 N–H and O–H groups in total. The minimum absolute atomic E-state index is 0.659. The molecule has 0 aliphatic carbocycles. The Labute approximate surface area is 84.4 Å². The minimum Gasteiger partial charge on any atom is -0.316 e. The summed E-state index contributed by atoms with van der Waals surface area (Å²) < 4.78 is 0. The molecule has 1 unspecified atom stereocenters. The van der Waals surface area contributed by atoms with Gasteiger partial charge in [0.1, 0.15) is 0 Å². The van der Waals surface area contributed by atoms with Crippen molar-refractivity contribution in [1.82, 2.24) is 5.32 Å². The van der Waals surface area contributed by atoms with Gasteiger partial charge in [-0.15, -0.1) is 0 Å². The second-order valence-corrected chi connectivity index (χ2v) is 3.64. The Hall–Kier alpha value is -1.06. The summed E-state index contributed by atoms with van der Waals surface area (Å²) in [5.41, 5.74) is 3.96. The predicted octanol–water partition coefficient (Wildman–Crippen LogP) is 1.64. The van der Waals surface area contributed by atoms with E-state index in [0.29, 0.717) is 5.92 Å². The van der Waals surface area contributed by atoms with Crippen LogP contribution >= 0.6 is 0 Å². The molecule has 0 spiro atoms. The molecule has 0 bridgehead atoms. The van der Waals surface area contributed by atoms with Crippen molar-refractivity contribution in [2.24, 2.45) is 5.92 Å². The fourth-order valence-electron chi connectivity index (χ4n) is 1.61. The molecule has 1 heterocycles. The van der Waals surface area contributed by atoms with Crippen LogP contribution in [0.2, 0.25) is 0 Å². The highest BCUT2D eigenvalue weighted by atomic mass is 16.6. The molecule has 3 nitrogen and oxygen atoms in total. The van der Waals surface area contributed by atoms with Crippen LogP contribution in [0.5, 0.6) is 0 Å². The van der Waals surface area contributed by atoms with Gasteiger partial charge in [-0.3, -0.25) is 10.3 Å². The Morgan fingerprint density at radius 2 is 2.21 bits per heavy atom. The van der Waals surface area contributed by atoms with Crippen molar-refractivity contribution >= 4 is 5.69 Å². The lowest BCUT2D eigenvalue weighted by molar-refractivity contribution is 0.156. The first-order chi connectivity index (χ1) is 6.95. The Morgan fingerprint density at radius 1 is 1.36 bits per heavy atom. The van der Waals surface area contributed by atoms with Gasteiger partial charge in [-0.25, -0.2) is 0 Å². The van der Waals surface area contributed by atoms with Crippen LogP contribution in [0.15, 0.2) is 30.3 Å². The summed E-state index contributed by atoms with van der Waals surface area (Å²) in [5.74, 6) is 0.659. The third-order valence-electron chi connectivity index (χ3n) is 2.45. The zero-order valence-electron chi connectivity index (χ0n) is 8.20. The highest BCUT2D eigenvalue weighted by molar-refractivity contribution is 5.39. The van der Waals surface area contributed by atoms with E-state index in [2.05, 4.69) is 10.8 Å². The summed E-state index contributed by atoms with van der Waals surface area (Å²) in [6.45, 7) is 2.98. The number of hydrogen-bond donors (Lipinski definition) is 2. The van der Waals surface area contributed by atoms with Gasteiger partial charge in [0.15, 0.2) is 0 Å². The van der Waals surface area contributed by atoms with Crippen LogP contribution in [0.4, 0.5) is 5.69 Å². The van der Waals surface area contributed by atoms with Gasteiger partial charge in [-0.05, 0) is 31.0 Å².